The first-order valence-corrected chi connectivity index (χ1v) is 7.13. The van der Waals surface area contributed by atoms with Crippen molar-refractivity contribution in [3.63, 3.8) is 0 Å². The van der Waals surface area contributed by atoms with Crippen LogP contribution in [0.4, 0.5) is 0 Å². The fourth-order valence-electron chi connectivity index (χ4n) is 3.21. The van der Waals surface area contributed by atoms with E-state index in [0.717, 1.165) is 38.8 Å². The van der Waals surface area contributed by atoms with Gasteiger partial charge in [-0.3, -0.25) is 9.59 Å². The Morgan fingerprint density at radius 2 is 1.72 bits per heavy atom. The largest absolute Gasteiger partial charge is 0.481 e. The number of likely N-dealkylation sites (tertiary alicyclic amines) is 1. The Hall–Kier alpha value is -1.06. The van der Waals surface area contributed by atoms with E-state index in [4.69, 9.17) is 5.11 Å². The van der Waals surface area contributed by atoms with Gasteiger partial charge in [0.05, 0.1) is 5.92 Å². The predicted octanol–water partition coefficient (Wildman–Crippen LogP) is 2.14. The third-order valence-electron chi connectivity index (χ3n) is 4.60. The van der Waals surface area contributed by atoms with E-state index < -0.39 is 5.97 Å². The molecule has 0 radical (unpaired) electrons. The normalized spacial score (nSPS) is 32.5. The maximum atomic E-state index is 12.3. The fraction of sp³-hybridized carbons (Fsp3) is 0.857. The molecule has 0 aromatic heterocycles. The van der Waals surface area contributed by atoms with Crippen molar-refractivity contribution < 1.29 is 14.7 Å². The summed E-state index contributed by atoms with van der Waals surface area (Å²) >= 11 is 0. The van der Waals surface area contributed by atoms with Crippen LogP contribution in [0.25, 0.3) is 0 Å². The summed E-state index contributed by atoms with van der Waals surface area (Å²) < 4.78 is 0. The summed E-state index contributed by atoms with van der Waals surface area (Å²) in [6, 6.07) is 0. The zero-order valence-corrected chi connectivity index (χ0v) is 11.1. The van der Waals surface area contributed by atoms with Gasteiger partial charge < -0.3 is 10.0 Å². The molecule has 2 aliphatic rings. The summed E-state index contributed by atoms with van der Waals surface area (Å²) in [5.41, 5.74) is 0. The molecule has 4 heteroatoms. The number of nitrogens with zero attached hydrogens (tertiary/aromatic N) is 1. The van der Waals surface area contributed by atoms with Gasteiger partial charge in [-0.1, -0.05) is 13.3 Å². The first-order chi connectivity index (χ1) is 8.61. The summed E-state index contributed by atoms with van der Waals surface area (Å²) in [4.78, 5) is 25.2. The monoisotopic (exact) mass is 253 g/mol. The Morgan fingerprint density at radius 1 is 1.11 bits per heavy atom. The van der Waals surface area contributed by atoms with E-state index in [1.54, 1.807) is 0 Å². The van der Waals surface area contributed by atoms with Crippen molar-refractivity contribution in [1.82, 2.24) is 4.90 Å². The van der Waals surface area contributed by atoms with Crippen LogP contribution in [-0.2, 0) is 9.59 Å². The zero-order chi connectivity index (χ0) is 13.1. The van der Waals surface area contributed by atoms with Crippen molar-refractivity contribution in [1.29, 1.82) is 0 Å². The van der Waals surface area contributed by atoms with Crippen molar-refractivity contribution in [3.05, 3.63) is 0 Å². The highest BCUT2D eigenvalue weighted by Crippen LogP contribution is 2.31. The number of aliphatic carboxylic acids is 1. The summed E-state index contributed by atoms with van der Waals surface area (Å²) in [5.74, 6) is 0.0967. The zero-order valence-electron chi connectivity index (χ0n) is 11.1. The van der Waals surface area contributed by atoms with E-state index in [2.05, 4.69) is 6.92 Å². The summed E-state index contributed by atoms with van der Waals surface area (Å²) in [6.07, 6.45) is 5.11. The van der Waals surface area contributed by atoms with E-state index in [1.165, 1.54) is 0 Å². The smallest absolute Gasteiger partial charge is 0.306 e. The number of rotatable bonds is 3. The highest BCUT2D eigenvalue weighted by atomic mass is 16.4. The van der Waals surface area contributed by atoms with Gasteiger partial charge in [0.2, 0.25) is 5.91 Å². The van der Waals surface area contributed by atoms with E-state index in [1.807, 2.05) is 4.90 Å². The topological polar surface area (TPSA) is 57.6 Å². The van der Waals surface area contributed by atoms with Gasteiger partial charge in [0.25, 0.3) is 0 Å². The van der Waals surface area contributed by atoms with E-state index in [0.29, 0.717) is 18.8 Å². The molecule has 1 heterocycles. The molecule has 2 rings (SSSR count). The van der Waals surface area contributed by atoms with Crippen LogP contribution in [0.5, 0.6) is 0 Å². The molecule has 1 amide bonds. The Labute approximate surface area is 108 Å². The van der Waals surface area contributed by atoms with Crippen LogP contribution in [0.15, 0.2) is 0 Å². The second-order valence-corrected chi connectivity index (χ2v) is 5.73. The molecule has 1 aliphatic carbocycles. The molecule has 1 N–H and O–H groups in total. The Bertz CT molecular complexity index is 321. The summed E-state index contributed by atoms with van der Waals surface area (Å²) in [7, 11) is 0. The van der Waals surface area contributed by atoms with Crippen LogP contribution in [0.2, 0.25) is 0 Å². The molecule has 0 aromatic carbocycles. The molecule has 4 nitrogen and oxygen atoms in total. The number of amides is 1. The van der Waals surface area contributed by atoms with Crippen molar-refractivity contribution in [2.24, 2.45) is 17.8 Å². The first kappa shape index (κ1) is 13.4. The maximum absolute atomic E-state index is 12.3. The minimum atomic E-state index is -0.701. The van der Waals surface area contributed by atoms with Crippen LogP contribution in [-0.4, -0.2) is 35.0 Å². The van der Waals surface area contributed by atoms with Crippen molar-refractivity contribution in [2.45, 2.75) is 45.4 Å². The highest BCUT2D eigenvalue weighted by molar-refractivity contribution is 5.79. The highest BCUT2D eigenvalue weighted by Gasteiger charge is 2.34. The first-order valence-electron chi connectivity index (χ1n) is 7.13. The van der Waals surface area contributed by atoms with E-state index >= 15 is 0 Å². The molecule has 1 atom stereocenters. The molecule has 18 heavy (non-hydrogen) atoms. The minimum Gasteiger partial charge on any atom is -0.481 e. The van der Waals surface area contributed by atoms with Crippen molar-refractivity contribution >= 4 is 11.9 Å². The van der Waals surface area contributed by atoms with Gasteiger partial charge in [0, 0.05) is 19.0 Å². The molecular weight excluding hydrogens is 230 g/mol. The summed E-state index contributed by atoms with van der Waals surface area (Å²) in [5, 5.41) is 8.95. The molecule has 1 saturated carbocycles. The van der Waals surface area contributed by atoms with Gasteiger partial charge in [0.1, 0.15) is 0 Å². The molecule has 0 aromatic rings. The lowest BCUT2D eigenvalue weighted by Crippen LogP contribution is -2.37. The standard InChI is InChI=1S/C14H23NO3/c1-2-10-7-8-15(9-10)13(16)11-3-5-12(6-4-11)14(17)18/h10-12H,2-9H2,1H3,(H,17,18)/t10-,11?,12?/m1/s1. The molecule has 1 aliphatic heterocycles. The third kappa shape index (κ3) is 2.85. The molecule has 2 fully saturated rings. The second kappa shape index (κ2) is 5.72. The maximum Gasteiger partial charge on any atom is 0.306 e. The van der Waals surface area contributed by atoms with Crippen molar-refractivity contribution in [3.8, 4) is 0 Å². The fourth-order valence-corrected chi connectivity index (χ4v) is 3.21. The average molecular weight is 253 g/mol. The number of carbonyl (C=O) groups is 2. The van der Waals surface area contributed by atoms with Gasteiger partial charge in [-0.05, 0) is 38.0 Å². The minimum absolute atomic E-state index is 0.0798. The van der Waals surface area contributed by atoms with E-state index in [-0.39, 0.29) is 17.7 Å². The van der Waals surface area contributed by atoms with Gasteiger partial charge >= 0.3 is 5.97 Å². The lowest BCUT2D eigenvalue weighted by molar-refractivity contribution is -0.145. The van der Waals surface area contributed by atoms with Gasteiger partial charge in [-0.15, -0.1) is 0 Å². The van der Waals surface area contributed by atoms with E-state index in [9.17, 15) is 9.59 Å². The van der Waals surface area contributed by atoms with Gasteiger partial charge in [-0.25, -0.2) is 0 Å². The molecule has 0 spiro atoms. The van der Waals surface area contributed by atoms with Gasteiger partial charge in [-0.2, -0.15) is 0 Å². The molecule has 0 bridgehead atoms. The molecule has 1 saturated heterocycles. The molecular formula is C14H23NO3. The second-order valence-electron chi connectivity index (χ2n) is 5.73. The quantitative estimate of drug-likeness (QED) is 0.838. The van der Waals surface area contributed by atoms with Crippen LogP contribution in [0.3, 0.4) is 0 Å². The third-order valence-corrected chi connectivity index (χ3v) is 4.60. The summed E-state index contributed by atoms with van der Waals surface area (Å²) in [6.45, 7) is 3.99. The predicted molar refractivity (Wildman–Crippen MR) is 68.1 cm³/mol. The van der Waals surface area contributed by atoms with Crippen molar-refractivity contribution in [2.75, 3.05) is 13.1 Å². The van der Waals surface area contributed by atoms with Gasteiger partial charge in [0.15, 0.2) is 0 Å². The number of hydrogen-bond acceptors (Lipinski definition) is 2. The number of carboxylic acids is 1. The lowest BCUT2D eigenvalue weighted by Gasteiger charge is -2.28. The van der Waals surface area contributed by atoms with Crippen LogP contribution >= 0.6 is 0 Å². The molecule has 102 valence electrons. The van der Waals surface area contributed by atoms with Crippen LogP contribution in [0, 0.1) is 17.8 Å². The average Bonchev–Trinajstić information content (AvgIpc) is 2.86. The Kier molecular flexibility index (Phi) is 4.25. The van der Waals surface area contributed by atoms with Crippen LogP contribution in [0.1, 0.15) is 45.4 Å². The SMILES string of the molecule is CC[C@@H]1CCN(C(=O)C2CCC(C(=O)O)CC2)C1. The Balaban J connectivity index is 1.83. The number of carboxylic acid groups (broad SMARTS) is 1. The molecule has 0 unspecified atom stereocenters. The van der Waals surface area contributed by atoms with Crippen LogP contribution < -0.4 is 0 Å². The lowest BCUT2D eigenvalue weighted by atomic mass is 9.81. The Morgan fingerprint density at radius 3 is 2.22 bits per heavy atom. The number of hydrogen-bond donors (Lipinski definition) is 1. The number of carbonyl (C=O) groups excluding carboxylic acids is 1.